The predicted octanol–water partition coefficient (Wildman–Crippen LogP) is 3.31. The molecule has 0 radical (unpaired) electrons. The average Bonchev–Trinajstić information content (AvgIpc) is 2.51. The van der Waals surface area contributed by atoms with Crippen LogP contribution in [0, 0.1) is 15.9 Å². The Morgan fingerprint density at radius 1 is 1.26 bits per heavy atom. The summed E-state index contributed by atoms with van der Waals surface area (Å²) in [5.74, 6) is -0.583. The summed E-state index contributed by atoms with van der Waals surface area (Å²) in [5.41, 5.74) is 0.264. The Morgan fingerprint density at radius 2 is 1.96 bits per heavy atom. The van der Waals surface area contributed by atoms with Crippen molar-refractivity contribution >= 4 is 17.3 Å². The van der Waals surface area contributed by atoms with Crippen LogP contribution in [0.15, 0.2) is 42.5 Å². The highest BCUT2D eigenvalue weighted by atomic mass is 19.1. The highest BCUT2D eigenvalue weighted by Crippen LogP contribution is 2.22. The van der Waals surface area contributed by atoms with Gasteiger partial charge in [0.05, 0.1) is 18.0 Å². The first kappa shape index (κ1) is 16.4. The van der Waals surface area contributed by atoms with Gasteiger partial charge in [0.2, 0.25) is 11.7 Å². The van der Waals surface area contributed by atoms with Crippen molar-refractivity contribution in [1.29, 1.82) is 0 Å². The Morgan fingerprint density at radius 3 is 2.57 bits per heavy atom. The lowest BCUT2D eigenvalue weighted by molar-refractivity contribution is -0.387. The zero-order chi connectivity index (χ0) is 16.8. The van der Waals surface area contributed by atoms with Crippen molar-refractivity contribution in [2.24, 2.45) is 0 Å². The highest BCUT2D eigenvalue weighted by molar-refractivity contribution is 5.92. The molecule has 0 saturated heterocycles. The fourth-order valence-corrected chi connectivity index (χ4v) is 1.99. The molecule has 0 saturated carbocycles. The smallest absolute Gasteiger partial charge is 0.306 e. The van der Waals surface area contributed by atoms with Crippen molar-refractivity contribution in [2.75, 3.05) is 11.9 Å². The summed E-state index contributed by atoms with van der Waals surface area (Å²) in [6.45, 7) is 2.44. The van der Waals surface area contributed by atoms with Crippen LogP contribution in [-0.2, 0) is 11.2 Å². The first-order valence-electron chi connectivity index (χ1n) is 6.95. The van der Waals surface area contributed by atoms with Crippen molar-refractivity contribution in [1.82, 2.24) is 0 Å². The molecular formula is C16H15FN2O4. The third kappa shape index (κ3) is 4.50. The fraction of sp³-hybridized carbons (Fsp3) is 0.188. The summed E-state index contributed by atoms with van der Waals surface area (Å²) < 4.78 is 18.5. The molecule has 0 unspecified atom stereocenters. The highest BCUT2D eigenvalue weighted by Gasteiger charge is 2.15. The molecule has 7 heteroatoms. The summed E-state index contributed by atoms with van der Waals surface area (Å²) in [5, 5.41) is 13.2. The van der Waals surface area contributed by atoms with Crippen LogP contribution in [0.3, 0.4) is 0 Å². The minimum atomic E-state index is -0.945. The summed E-state index contributed by atoms with van der Waals surface area (Å²) in [6, 6.07) is 10.3. The largest absolute Gasteiger partial charge is 0.494 e. The van der Waals surface area contributed by atoms with E-state index in [4.69, 9.17) is 4.74 Å². The molecule has 0 heterocycles. The molecule has 23 heavy (non-hydrogen) atoms. The molecule has 0 bridgehead atoms. The second kappa shape index (κ2) is 7.35. The number of nitrogens with one attached hydrogen (secondary N) is 1. The van der Waals surface area contributed by atoms with E-state index < -0.39 is 16.4 Å². The SMILES string of the molecule is CCOc1ccc(CC(=O)Nc2ccc(F)c([N+](=O)[O-])c2)cc1. The maximum Gasteiger partial charge on any atom is 0.306 e. The molecule has 0 aliphatic carbocycles. The van der Waals surface area contributed by atoms with Gasteiger partial charge in [-0.2, -0.15) is 4.39 Å². The minimum absolute atomic E-state index is 0.0948. The van der Waals surface area contributed by atoms with E-state index in [-0.39, 0.29) is 18.0 Å². The number of nitrogens with zero attached hydrogens (tertiary/aromatic N) is 1. The number of amides is 1. The monoisotopic (exact) mass is 318 g/mol. The van der Waals surface area contributed by atoms with Crippen LogP contribution in [-0.4, -0.2) is 17.4 Å². The second-order valence-corrected chi connectivity index (χ2v) is 4.73. The zero-order valence-electron chi connectivity index (χ0n) is 12.4. The predicted molar refractivity (Wildman–Crippen MR) is 83.0 cm³/mol. The number of anilines is 1. The second-order valence-electron chi connectivity index (χ2n) is 4.73. The van der Waals surface area contributed by atoms with Gasteiger partial charge in [0.25, 0.3) is 0 Å². The molecule has 0 aliphatic rings. The molecule has 2 rings (SSSR count). The molecule has 2 aromatic rings. The van der Waals surface area contributed by atoms with Crippen molar-refractivity contribution in [3.63, 3.8) is 0 Å². The summed E-state index contributed by atoms with van der Waals surface area (Å²) >= 11 is 0. The third-order valence-corrected chi connectivity index (χ3v) is 3.03. The number of carbonyl (C=O) groups excluding carboxylic acids is 1. The molecule has 2 aromatic carbocycles. The number of ether oxygens (including phenoxy) is 1. The molecule has 1 amide bonds. The van der Waals surface area contributed by atoms with Gasteiger partial charge in [-0.1, -0.05) is 12.1 Å². The molecule has 120 valence electrons. The van der Waals surface area contributed by atoms with E-state index in [1.165, 1.54) is 6.07 Å². The molecule has 1 N–H and O–H groups in total. The van der Waals surface area contributed by atoms with E-state index in [1.807, 2.05) is 6.92 Å². The number of halogens is 1. The number of nitro benzene ring substituents is 1. The minimum Gasteiger partial charge on any atom is -0.494 e. The van der Waals surface area contributed by atoms with E-state index in [2.05, 4.69) is 5.32 Å². The van der Waals surface area contributed by atoms with Gasteiger partial charge in [-0.3, -0.25) is 14.9 Å². The topological polar surface area (TPSA) is 81.5 Å². The van der Waals surface area contributed by atoms with Gasteiger partial charge in [0.15, 0.2) is 0 Å². The standard InChI is InChI=1S/C16H15FN2O4/c1-2-23-13-6-3-11(4-7-13)9-16(20)18-12-5-8-14(17)15(10-12)19(21)22/h3-8,10H,2,9H2,1H3,(H,18,20). The van der Waals surface area contributed by atoms with Crippen molar-refractivity contribution in [3.8, 4) is 5.75 Å². The first-order chi connectivity index (χ1) is 11.0. The van der Waals surface area contributed by atoms with E-state index in [0.717, 1.165) is 17.7 Å². The molecule has 0 aliphatic heterocycles. The average molecular weight is 318 g/mol. The van der Waals surface area contributed by atoms with E-state index in [1.54, 1.807) is 24.3 Å². The van der Waals surface area contributed by atoms with Gasteiger partial charge in [-0.15, -0.1) is 0 Å². The van der Waals surface area contributed by atoms with Crippen LogP contribution in [0.2, 0.25) is 0 Å². The molecular weight excluding hydrogens is 303 g/mol. The van der Waals surface area contributed by atoms with E-state index in [9.17, 15) is 19.3 Å². The maximum atomic E-state index is 13.2. The van der Waals surface area contributed by atoms with Crippen molar-refractivity contribution in [2.45, 2.75) is 13.3 Å². The number of carbonyl (C=O) groups is 1. The van der Waals surface area contributed by atoms with E-state index >= 15 is 0 Å². The number of rotatable bonds is 6. The van der Waals surface area contributed by atoms with Gasteiger partial charge >= 0.3 is 5.69 Å². The fourth-order valence-electron chi connectivity index (χ4n) is 1.99. The van der Waals surface area contributed by atoms with E-state index in [0.29, 0.717) is 12.4 Å². The Hall–Kier alpha value is -2.96. The van der Waals surface area contributed by atoms with Crippen molar-refractivity contribution < 1.29 is 18.8 Å². The van der Waals surface area contributed by atoms with Gasteiger partial charge in [-0.05, 0) is 36.8 Å². The summed E-state index contributed by atoms with van der Waals surface area (Å²) in [7, 11) is 0. The Kier molecular flexibility index (Phi) is 5.24. The quantitative estimate of drug-likeness (QED) is 0.654. The third-order valence-electron chi connectivity index (χ3n) is 3.03. The molecule has 0 aromatic heterocycles. The molecule has 0 fully saturated rings. The number of hydrogen-bond donors (Lipinski definition) is 1. The Labute approximate surface area is 132 Å². The lowest BCUT2D eigenvalue weighted by atomic mass is 10.1. The van der Waals surface area contributed by atoms with Crippen LogP contribution in [0.1, 0.15) is 12.5 Å². The maximum absolute atomic E-state index is 13.2. The normalized spacial score (nSPS) is 10.2. The van der Waals surface area contributed by atoms with Gasteiger partial charge < -0.3 is 10.1 Å². The first-order valence-corrected chi connectivity index (χ1v) is 6.95. The van der Waals surface area contributed by atoms with Crippen LogP contribution in [0.5, 0.6) is 5.75 Å². The van der Waals surface area contributed by atoms with Gasteiger partial charge in [0.1, 0.15) is 5.75 Å². The van der Waals surface area contributed by atoms with Crippen LogP contribution < -0.4 is 10.1 Å². The van der Waals surface area contributed by atoms with Gasteiger partial charge in [-0.25, -0.2) is 0 Å². The number of hydrogen-bond acceptors (Lipinski definition) is 4. The Balaban J connectivity index is 2.02. The van der Waals surface area contributed by atoms with Crippen LogP contribution in [0.25, 0.3) is 0 Å². The summed E-state index contributed by atoms with van der Waals surface area (Å²) in [4.78, 5) is 21.8. The number of benzene rings is 2. The molecule has 0 spiro atoms. The number of nitro groups is 1. The van der Waals surface area contributed by atoms with Crippen molar-refractivity contribution in [3.05, 3.63) is 64.0 Å². The Bertz CT molecular complexity index is 717. The lowest BCUT2D eigenvalue weighted by Gasteiger charge is -2.07. The molecule has 0 atom stereocenters. The molecule has 6 nitrogen and oxygen atoms in total. The van der Waals surface area contributed by atoms with Crippen LogP contribution >= 0.6 is 0 Å². The lowest BCUT2D eigenvalue weighted by Crippen LogP contribution is -2.14. The zero-order valence-corrected chi connectivity index (χ0v) is 12.4. The van der Waals surface area contributed by atoms with Crippen LogP contribution in [0.4, 0.5) is 15.8 Å². The summed E-state index contributed by atoms with van der Waals surface area (Å²) in [6.07, 6.45) is 0.0948. The van der Waals surface area contributed by atoms with Gasteiger partial charge in [0, 0.05) is 11.8 Å².